The number of ether oxygens (including phenoxy) is 4. The van der Waals surface area contributed by atoms with Crippen LogP contribution in [0.3, 0.4) is 0 Å². The van der Waals surface area contributed by atoms with Gasteiger partial charge >= 0.3 is 6.09 Å². The molecule has 0 radical (unpaired) electrons. The molecule has 0 bridgehead atoms. The molecule has 0 spiro atoms. The van der Waals surface area contributed by atoms with E-state index in [9.17, 15) is 9.18 Å². The molecule has 184 valence electrons. The van der Waals surface area contributed by atoms with Crippen LogP contribution in [-0.2, 0) is 0 Å². The summed E-state index contributed by atoms with van der Waals surface area (Å²) in [4.78, 5) is 13.2. The summed E-state index contributed by atoms with van der Waals surface area (Å²) in [5, 5.41) is 0. The summed E-state index contributed by atoms with van der Waals surface area (Å²) in [7, 11) is 1.90. The molecule has 3 aromatic rings. The normalized spacial score (nSPS) is 22.7. The number of halogens is 2. The zero-order chi connectivity index (χ0) is 23.5. The highest BCUT2D eigenvalue weighted by Gasteiger charge is 2.45. The molecule has 1 saturated heterocycles. The summed E-state index contributed by atoms with van der Waals surface area (Å²) in [5.41, 5.74) is 1.04. The minimum Gasteiger partial charge on any atom is -0.493 e. The number of quaternary nitrogens is 1. The van der Waals surface area contributed by atoms with Gasteiger partial charge < -0.3 is 18.9 Å². The van der Waals surface area contributed by atoms with Gasteiger partial charge in [-0.15, -0.1) is 12.4 Å². The Hall–Kier alpha value is -3.29. The van der Waals surface area contributed by atoms with Crippen molar-refractivity contribution in [2.75, 3.05) is 33.5 Å². The van der Waals surface area contributed by atoms with Crippen LogP contribution >= 0.6 is 12.4 Å². The molecule has 3 atom stereocenters. The molecule has 0 aliphatic carbocycles. The maximum absolute atomic E-state index is 13.6. The number of hydrogen-bond acceptors (Lipinski definition) is 5. The van der Waals surface area contributed by atoms with E-state index >= 15 is 0 Å². The number of para-hydroxylation sites is 1. The first kappa shape index (κ1) is 24.8. The number of rotatable bonds is 5. The van der Waals surface area contributed by atoms with E-state index in [-0.39, 0.29) is 47.4 Å². The average molecular weight is 501 g/mol. The van der Waals surface area contributed by atoms with Crippen molar-refractivity contribution in [1.82, 2.24) is 0 Å². The Morgan fingerprint density at radius 1 is 1.00 bits per heavy atom. The third-order valence-corrected chi connectivity index (χ3v) is 6.64. The number of fused-ring (bicyclic) bond motifs is 1. The van der Waals surface area contributed by atoms with Crippen LogP contribution < -0.4 is 18.9 Å². The monoisotopic (exact) mass is 500 g/mol. The van der Waals surface area contributed by atoms with Crippen LogP contribution in [0.15, 0.2) is 72.8 Å². The van der Waals surface area contributed by atoms with Gasteiger partial charge in [-0.1, -0.05) is 30.3 Å². The standard InChI is InChI=1S/C27H27FNO5.ClH/c1-29(27(30)34-22-5-3-2-4-6-22)14-13-24(19-7-9-21(28)10-8-19)20(16-29)17-31-23-11-12-25-26(15-23)33-18-32-25;/h2-12,15,20,24H,13-14,16-18H2,1H3;1H/q+1;/t20-,24-,29?;/m0./s1. The molecule has 0 aromatic heterocycles. The van der Waals surface area contributed by atoms with Crippen molar-refractivity contribution in [2.45, 2.75) is 12.3 Å². The van der Waals surface area contributed by atoms with Crippen molar-refractivity contribution in [3.05, 3.63) is 84.2 Å². The highest BCUT2D eigenvalue weighted by atomic mass is 35.5. The molecule has 8 heteroatoms. The first-order valence-electron chi connectivity index (χ1n) is 11.4. The fourth-order valence-corrected chi connectivity index (χ4v) is 4.75. The van der Waals surface area contributed by atoms with Gasteiger partial charge in [0.2, 0.25) is 6.79 Å². The number of carbonyl (C=O) groups is 1. The summed E-state index contributed by atoms with van der Waals surface area (Å²) in [6.45, 7) is 1.76. The van der Waals surface area contributed by atoms with Gasteiger partial charge in [0.1, 0.15) is 17.3 Å². The molecular weight excluding hydrogens is 473 g/mol. The molecule has 3 aromatic carbocycles. The van der Waals surface area contributed by atoms with Crippen LogP contribution in [0.2, 0.25) is 0 Å². The molecule has 1 unspecified atom stereocenters. The Labute approximate surface area is 210 Å². The SMILES string of the molecule is C[N+]1(C(=O)Oc2ccccc2)CC[C@@H](c2ccc(F)cc2)[C@H](COc2ccc3c(c2)OCO3)C1.Cl. The summed E-state index contributed by atoms with van der Waals surface area (Å²) in [6.07, 6.45) is 0.457. The number of amides is 1. The smallest absolute Gasteiger partial charge is 0.493 e. The van der Waals surface area contributed by atoms with Crippen molar-refractivity contribution in [3.63, 3.8) is 0 Å². The molecule has 1 fully saturated rings. The summed E-state index contributed by atoms with van der Waals surface area (Å²) < 4.78 is 36.4. The zero-order valence-electron chi connectivity index (χ0n) is 19.4. The molecule has 5 rings (SSSR count). The van der Waals surface area contributed by atoms with E-state index in [0.717, 1.165) is 12.0 Å². The van der Waals surface area contributed by atoms with Gasteiger partial charge in [-0.25, -0.2) is 8.87 Å². The maximum atomic E-state index is 13.6. The Balaban J connectivity index is 0.00000289. The van der Waals surface area contributed by atoms with Crippen molar-refractivity contribution >= 4 is 18.5 Å². The van der Waals surface area contributed by atoms with Crippen molar-refractivity contribution in [1.29, 1.82) is 0 Å². The third kappa shape index (κ3) is 5.52. The second kappa shape index (κ2) is 10.5. The number of likely N-dealkylation sites (tertiary alicyclic amines) is 1. The lowest BCUT2D eigenvalue weighted by atomic mass is 9.80. The van der Waals surface area contributed by atoms with Crippen LogP contribution in [0.4, 0.5) is 9.18 Å². The second-order valence-corrected chi connectivity index (χ2v) is 9.02. The zero-order valence-corrected chi connectivity index (χ0v) is 20.2. The number of benzene rings is 3. The molecular formula is C27H28ClFNO5+. The van der Waals surface area contributed by atoms with Crippen LogP contribution in [0, 0.1) is 11.7 Å². The molecule has 6 nitrogen and oxygen atoms in total. The van der Waals surface area contributed by atoms with Crippen LogP contribution in [0.5, 0.6) is 23.0 Å². The lowest BCUT2D eigenvalue weighted by Crippen LogP contribution is -2.58. The highest BCUT2D eigenvalue weighted by molar-refractivity contribution is 5.85. The number of piperidine rings is 1. The first-order valence-corrected chi connectivity index (χ1v) is 11.4. The summed E-state index contributed by atoms with van der Waals surface area (Å²) in [5.74, 6) is 2.43. The second-order valence-electron chi connectivity index (χ2n) is 9.02. The van der Waals surface area contributed by atoms with E-state index in [4.69, 9.17) is 18.9 Å². The van der Waals surface area contributed by atoms with Gasteiger partial charge in [0.25, 0.3) is 0 Å². The maximum Gasteiger partial charge on any atom is 0.521 e. The summed E-state index contributed by atoms with van der Waals surface area (Å²) in [6, 6.07) is 21.2. The molecule has 2 aliphatic rings. The lowest BCUT2D eigenvalue weighted by molar-refractivity contribution is -0.846. The molecule has 1 amide bonds. The highest BCUT2D eigenvalue weighted by Crippen LogP contribution is 2.38. The fourth-order valence-electron chi connectivity index (χ4n) is 4.75. The number of carbonyl (C=O) groups excluding carboxylic acids is 1. The van der Waals surface area contributed by atoms with Crippen LogP contribution in [-0.4, -0.2) is 44.1 Å². The van der Waals surface area contributed by atoms with Crippen LogP contribution in [0.1, 0.15) is 17.9 Å². The number of hydrogen-bond donors (Lipinski definition) is 0. The Kier molecular flexibility index (Phi) is 7.48. The van der Waals surface area contributed by atoms with Crippen LogP contribution in [0.25, 0.3) is 0 Å². The van der Waals surface area contributed by atoms with Gasteiger partial charge in [-0.3, -0.25) is 0 Å². The molecule has 0 N–H and O–H groups in total. The van der Waals surface area contributed by atoms with Gasteiger partial charge in [0.05, 0.1) is 26.7 Å². The Morgan fingerprint density at radius 3 is 2.51 bits per heavy atom. The van der Waals surface area contributed by atoms with Gasteiger partial charge in [0.15, 0.2) is 11.5 Å². The molecule has 2 aliphatic heterocycles. The van der Waals surface area contributed by atoms with Crippen molar-refractivity contribution < 1.29 is 32.6 Å². The van der Waals surface area contributed by atoms with Gasteiger partial charge in [-0.2, -0.15) is 4.79 Å². The average Bonchev–Trinajstić information content (AvgIpc) is 3.32. The van der Waals surface area contributed by atoms with Crippen molar-refractivity contribution in [3.8, 4) is 23.0 Å². The Morgan fingerprint density at radius 2 is 1.74 bits per heavy atom. The lowest BCUT2D eigenvalue weighted by Gasteiger charge is -2.41. The van der Waals surface area contributed by atoms with Gasteiger partial charge in [0, 0.05) is 24.3 Å². The topological polar surface area (TPSA) is 54.0 Å². The van der Waals surface area contributed by atoms with E-state index in [1.165, 1.54) is 12.1 Å². The minimum atomic E-state index is -0.295. The third-order valence-electron chi connectivity index (χ3n) is 6.64. The first-order chi connectivity index (χ1) is 16.5. The summed E-state index contributed by atoms with van der Waals surface area (Å²) >= 11 is 0. The van der Waals surface area contributed by atoms with E-state index in [1.54, 1.807) is 12.1 Å². The molecule has 0 saturated carbocycles. The Bertz CT molecular complexity index is 1160. The van der Waals surface area contributed by atoms with E-state index in [1.807, 2.05) is 55.6 Å². The van der Waals surface area contributed by atoms with E-state index in [2.05, 4.69) is 0 Å². The predicted molar refractivity (Wildman–Crippen MR) is 131 cm³/mol. The largest absolute Gasteiger partial charge is 0.521 e. The van der Waals surface area contributed by atoms with Crippen molar-refractivity contribution in [2.24, 2.45) is 5.92 Å². The quantitative estimate of drug-likeness (QED) is 0.414. The van der Waals surface area contributed by atoms with Gasteiger partial charge in [-0.05, 0) is 42.0 Å². The number of nitrogens with zero attached hydrogens (tertiary/aromatic N) is 1. The minimum absolute atomic E-state index is 0. The fraction of sp³-hybridized carbons (Fsp3) is 0.296. The van der Waals surface area contributed by atoms with E-state index < -0.39 is 0 Å². The molecule has 35 heavy (non-hydrogen) atoms. The van der Waals surface area contributed by atoms with E-state index in [0.29, 0.717) is 42.7 Å². The predicted octanol–water partition coefficient (Wildman–Crippen LogP) is 5.80. The molecule has 2 heterocycles.